The van der Waals surface area contributed by atoms with Crippen LogP contribution in [0.25, 0.3) is 0 Å². The fraction of sp³-hybridized carbons (Fsp3) is 0.600. The molecule has 5 nitrogen and oxygen atoms in total. The molecule has 0 saturated carbocycles. The lowest BCUT2D eigenvalue weighted by atomic mass is 9.91. The van der Waals surface area contributed by atoms with Crippen LogP contribution in [0.4, 0.5) is 0 Å². The summed E-state index contributed by atoms with van der Waals surface area (Å²) in [4.78, 5) is 16.0. The van der Waals surface area contributed by atoms with Gasteiger partial charge in [0.05, 0.1) is 6.10 Å². The van der Waals surface area contributed by atoms with Crippen LogP contribution >= 0.6 is 12.4 Å². The van der Waals surface area contributed by atoms with Crippen molar-refractivity contribution in [3.8, 4) is 0 Å². The molecule has 1 unspecified atom stereocenters. The predicted octanol–water partition coefficient (Wildman–Crippen LogP) is 1.88. The van der Waals surface area contributed by atoms with Gasteiger partial charge in [-0.3, -0.25) is 4.98 Å². The number of aromatic nitrogens is 1. The third kappa shape index (κ3) is 3.93. The molecule has 21 heavy (non-hydrogen) atoms. The van der Waals surface area contributed by atoms with Gasteiger partial charge in [-0.1, -0.05) is 0 Å². The maximum absolute atomic E-state index is 11.7. The summed E-state index contributed by atoms with van der Waals surface area (Å²) < 4.78 is 5.85. The molecule has 0 amide bonds. The molecule has 1 aliphatic heterocycles. The minimum absolute atomic E-state index is 0. The Morgan fingerprint density at radius 3 is 2.48 bits per heavy atom. The number of aryl methyl sites for hydroxylation is 2. The second-order valence-electron chi connectivity index (χ2n) is 5.73. The molecule has 1 aromatic rings. The van der Waals surface area contributed by atoms with Gasteiger partial charge in [-0.2, -0.15) is 0 Å². The summed E-state index contributed by atoms with van der Waals surface area (Å²) in [6.07, 6.45) is 0.209. The lowest BCUT2D eigenvalue weighted by Gasteiger charge is -2.41. The maximum Gasteiger partial charge on any atom is 0.337 e. The molecule has 1 aromatic heterocycles. The molecule has 1 saturated heterocycles. The minimum Gasteiger partial charge on any atom is -0.479 e. The van der Waals surface area contributed by atoms with E-state index in [9.17, 15) is 9.90 Å². The van der Waals surface area contributed by atoms with Crippen molar-refractivity contribution in [3.05, 3.63) is 29.1 Å². The first kappa shape index (κ1) is 17.9. The number of halogens is 1. The molecule has 0 spiro atoms. The number of carbonyl (C=O) groups is 1. The molecule has 1 aliphatic rings. The highest BCUT2D eigenvalue weighted by Gasteiger charge is 2.45. The Labute approximate surface area is 131 Å². The van der Waals surface area contributed by atoms with Gasteiger partial charge in [0.15, 0.2) is 5.60 Å². The summed E-state index contributed by atoms with van der Waals surface area (Å²) in [6, 6.07) is 4.00. The molecule has 0 bridgehead atoms. The van der Waals surface area contributed by atoms with Gasteiger partial charge in [0.2, 0.25) is 0 Å². The normalized spacial score (nSPS) is 28.8. The van der Waals surface area contributed by atoms with E-state index >= 15 is 0 Å². The summed E-state index contributed by atoms with van der Waals surface area (Å²) in [5.41, 5.74) is 1.53. The second-order valence-corrected chi connectivity index (χ2v) is 5.73. The number of carboxylic acids is 1. The van der Waals surface area contributed by atoms with E-state index < -0.39 is 11.6 Å². The summed E-state index contributed by atoms with van der Waals surface area (Å²) in [6.45, 7) is 8.03. The van der Waals surface area contributed by atoms with Gasteiger partial charge in [0, 0.05) is 30.4 Å². The SMILES string of the molecule is Cc1cc(C[C@]2(C(=O)O)CNC(C)[C@H](C)O2)cc(C)n1.Cl. The van der Waals surface area contributed by atoms with Crippen molar-refractivity contribution in [2.45, 2.75) is 51.9 Å². The number of aliphatic carboxylic acids is 1. The molecule has 118 valence electrons. The van der Waals surface area contributed by atoms with Crippen molar-refractivity contribution in [3.63, 3.8) is 0 Å². The third-order valence-electron chi connectivity index (χ3n) is 3.85. The number of hydrogen-bond acceptors (Lipinski definition) is 4. The van der Waals surface area contributed by atoms with Gasteiger partial charge in [0.1, 0.15) is 0 Å². The van der Waals surface area contributed by atoms with E-state index in [0.717, 1.165) is 17.0 Å². The Hall–Kier alpha value is -1.17. The molecule has 2 heterocycles. The van der Waals surface area contributed by atoms with Crippen molar-refractivity contribution in [2.24, 2.45) is 0 Å². The summed E-state index contributed by atoms with van der Waals surface area (Å²) in [7, 11) is 0. The van der Waals surface area contributed by atoms with E-state index in [1.807, 2.05) is 39.8 Å². The average molecular weight is 315 g/mol. The molecule has 0 aliphatic carbocycles. The van der Waals surface area contributed by atoms with E-state index in [1.165, 1.54) is 0 Å². The zero-order valence-electron chi connectivity index (χ0n) is 12.8. The maximum atomic E-state index is 11.7. The number of carboxylic acid groups (broad SMARTS) is 1. The fourth-order valence-electron chi connectivity index (χ4n) is 2.65. The van der Waals surface area contributed by atoms with Crippen molar-refractivity contribution >= 4 is 18.4 Å². The predicted molar refractivity (Wildman–Crippen MR) is 83.0 cm³/mol. The van der Waals surface area contributed by atoms with Crippen LogP contribution < -0.4 is 5.32 Å². The average Bonchev–Trinajstić information content (AvgIpc) is 2.32. The first-order valence-corrected chi connectivity index (χ1v) is 6.91. The molecule has 0 aromatic carbocycles. The van der Waals surface area contributed by atoms with E-state index in [4.69, 9.17) is 4.74 Å². The number of nitrogens with zero attached hydrogens (tertiary/aromatic N) is 1. The molecule has 2 N–H and O–H groups in total. The molecule has 0 radical (unpaired) electrons. The molecule has 6 heteroatoms. The minimum atomic E-state index is -1.20. The highest BCUT2D eigenvalue weighted by Crippen LogP contribution is 2.25. The van der Waals surface area contributed by atoms with Gasteiger partial charge >= 0.3 is 5.97 Å². The molecule has 1 fully saturated rings. The monoisotopic (exact) mass is 314 g/mol. The van der Waals surface area contributed by atoms with E-state index in [1.54, 1.807) is 0 Å². The lowest BCUT2D eigenvalue weighted by molar-refractivity contribution is -0.182. The third-order valence-corrected chi connectivity index (χ3v) is 3.85. The summed E-state index contributed by atoms with van der Waals surface area (Å²) in [5, 5.41) is 12.8. The first-order chi connectivity index (χ1) is 9.32. The Kier molecular flexibility index (Phi) is 5.73. The van der Waals surface area contributed by atoms with Gasteiger partial charge in [-0.25, -0.2) is 4.79 Å². The zero-order valence-corrected chi connectivity index (χ0v) is 13.7. The van der Waals surface area contributed by atoms with Crippen LogP contribution in [0.5, 0.6) is 0 Å². The van der Waals surface area contributed by atoms with Crippen LogP contribution in [0.3, 0.4) is 0 Å². The van der Waals surface area contributed by atoms with Crippen LogP contribution in [0.15, 0.2) is 12.1 Å². The highest BCUT2D eigenvalue weighted by atomic mass is 35.5. The fourth-order valence-corrected chi connectivity index (χ4v) is 2.65. The first-order valence-electron chi connectivity index (χ1n) is 6.91. The quantitative estimate of drug-likeness (QED) is 0.891. The number of hydrogen-bond donors (Lipinski definition) is 2. The van der Waals surface area contributed by atoms with Crippen LogP contribution in [-0.2, 0) is 16.0 Å². The molecular weight excluding hydrogens is 292 g/mol. The van der Waals surface area contributed by atoms with E-state index in [2.05, 4.69) is 10.3 Å². The van der Waals surface area contributed by atoms with E-state index in [-0.39, 0.29) is 24.6 Å². The Bertz CT molecular complexity index is 503. The molecular formula is C15H23ClN2O3. The number of ether oxygens (including phenoxy) is 1. The standard InChI is InChI=1S/C15H22N2O3.ClH/c1-9-5-13(6-10(2)17-9)7-15(14(18)19)8-16-11(3)12(4)20-15;/h5-6,11-12,16H,7-8H2,1-4H3,(H,18,19);1H/t11?,12-,15+;/m0./s1. The highest BCUT2D eigenvalue weighted by molar-refractivity contribution is 5.85. The summed E-state index contributed by atoms with van der Waals surface area (Å²) >= 11 is 0. The van der Waals surface area contributed by atoms with Crippen LogP contribution in [0, 0.1) is 13.8 Å². The van der Waals surface area contributed by atoms with Gasteiger partial charge in [-0.05, 0) is 45.4 Å². The van der Waals surface area contributed by atoms with Crippen LogP contribution in [0.2, 0.25) is 0 Å². The van der Waals surface area contributed by atoms with Gasteiger partial charge < -0.3 is 15.2 Å². The number of pyridine rings is 1. The Morgan fingerprint density at radius 2 is 2.00 bits per heavy atom. The number of rotatable bonds is 3. The van der Waals surface area contributed by atoms with E-state index in [0.29, 0.717) is 13.0 Å². The Morgan fingerprint density at radius 1 is 1.43 bits per heavy atom. The molecule has 3 atom stereocenters. The van der Waals surface area contributed by atoms with Crippen molar-refractivity contribution < 1.29 is 14.6 Å². The van der Waals surface area contributed by atoms with Crippen molar-refractivity contribution in [2.75, 3.05) is 6.54 Å². The number of nitrogens with one attached hydrogen (secondary N) is 1. The largest absolute Gasteiger partial charge is 0.479 e. The topological polar surface area (TPSA) is 71.5 Å². The smallest absolute Gasteiger partial charge is 0.337 e. The van der Waals surface area contributed by atoms with Gasteiger partial charge in [-0.15, -0.1) is 12.4 Å². The number of morpholine rings is 1. The van der Waals surface area contributed by atoms with Crippen LogP contribution in [-0.4, -0.2) is 40.4 Å². The molecule has 2 rings (SSSR count). The van der Waals surface area contributed by atoms with Crippen molar-refractivity contribution in [1.29, 1.82) is 0 Å². The Balaban J connectivity index is 0.00000220. The lowest BCUT2D eigenvalue weighted by Crippen LogP contribution is -2.62. The second kappa shape index (κ2) is 6.73. The van der Waals surface area contributed by atoms with Crippen molar-refractivity contribution in [1.82, 2.24) is 10.3 Å². The zero-order chi connectivity index (χ0) is 14.9. The van der Waals surface area contributed by atoms with Crippen LogP contribution in [0.1, 0.15) is 30.8 Å². The van der Waals surface area contributed by atoms with Gasteiger partial charge in [0.25, 0.3) is 0 Å². The summed E-state index contributed by atoms with van der Waals surface area (Å²) in [5.74, 6) is -0.920.